The number of rotatable bonds is 6. The van der Waals surface area contributed by atoms with Gasteiger partial charge in [0.15, 0.2) is 5.76 Å². The number of carbonyl (C=O) groups is 1. The van der Waals surface area contributed by atoms with E-state index in [9.17, 15) is 4.79 Å². The van der Waals surface area contributed by atoms with E-state index < -0.39 is 5.97 Å². The fourth-order valence-electron chi connectivity index (χ4n) is 2.95. The predicted molar refractivity (Wildman–Crippen MR) is 106 cm³/mol. The summed E-state index contributed by atoms with van der Waals surface area (Å²) in [7, 11) is 0. The first kappa shape index (κ1) is 17.8. The quantitative estimate of drug-likeness (QED) is 0.350. The van der Waals surface area contributed by atoms with Crippen molar-refractivity contribution in [2.24, 2.45) is 0 Å². The van der Waals surface area contributed by atoms with Crippen LogP contribution >= 0.6 is 0 Å². The van der Waals surface area contributed by atoms with E-state index >= 15 is 0 Å². The average molecular weight is 373 g/mol. The zero-order valence-electron chi connectivity index (χ0n) is 15.4. The molecule has 1 aromatic heterocycles. The van der Waals surface area contributed by atoms with Crippen molar-refractivity contribution in [3.8, 4) is 17.1 Å². The van der Waals surface area contributed by atoms with Gasteiger partial charge in [-0.1, -0.05) is 47.6 Å². The molecule has 1 heterocycles. The first-order valence-electron chi connectivity index (χ1n) is 9.02. The van der Waals surface area contributed by atoms with E-state index in [1.165, 1.54) is 0 Å². The van der Waals surface area contributed by atoms with Crippen molar-refractivity contribution in [3.63, 3.8) is 0 Å². The number of benzene rings is 3. The van der Waals surface area contributed by atoms with E-state index in [1.54, 1.807) is 18.2 Å². The van der Waals surface area contributed by atoms with E-state index in [0.29, 0.717) is 23.4 Å². The molecule has 140 valence electrons. The maximum absolute atomic E-state index is 12.4. The first-order chi connectivity index (χ1) is 13.7. The molecule has 5 heteroatoms. The lowest BCUT2D eigenvalue weighted by Gasteiger charge is -2.08. The highest BCUT2D eigenvalue weighted by Crippen LogP contribution is 2.29. The molecule has 5 nitrogen and oxygen atoms in total. The maximum atomic E-state index is 12.4. The largest absolute Gasteiger partial charge is 0.490 e. The van der Waals surface area contributed by atoms with Crippen LogP contribution in [0.5, 0.6) is 5.75 Å². The second kappa shape index (κ2) is 7.96. The van der Waals surface area contributed by atoms with Crippen molar-refractivity contribution < 1.29 is 18.8 Å². The van der Waals surface area contributed by atoms with Crippen LogP contribution in [-0.2, 0) is 4.74 Å². The molecule has 0 saturated carbocycles. The van der Waals surface area contributed by atoms with Gasteiger partial charge in [-0.15, -0.1) is 0 Å². The summed E-state index contributed by atoms with van der Waals surface area (Å²) in [5.74, 6) is 0.984. The lowest BCUT2D eigenvalue weighted by Crippen LogP contribution is -2.12. The number of fused-ring (bicyclic) bond motifs is 1. The summed E-state index contributed by atoms with van der Waals surface area (Å²) < 4.78 is 16.4. The van der Waals surface area contributed by atoms with E-state index in [4.69, 9.17) is 14.0 Å². The highest BCUT2D eigenvalue weighted by molar-refractivity contribution is 5.98. The Bertz CT molecular complexity index is 1100. The highest BCUT2D eigenvalue weighted by Gasteiger charge is 2.14. The van der Waals surface area contributed by atoms with Gasteiger partial charge in [-0.05, 0) is 42.8 Å². The van der Waals surface area contributed by atoms with Gasteiger partial charge < -0.3 is 14.0 Å². The van der Waals surface area contributed by atoms with Gasteiger partial charge >= 0.3 is 5.97 Å². The molecule has 3 aromatic carbocycles. The first-order valence-corrected chi connectivity index (χ1v) is 9.02. The molecular formula is C23H19NO4. The number of carbonyl (C=O) groups excluding carboxylic acids is 1. The number of hydrogen-bond donors (Lipinski definition) is 0. The summed E-state index contributed by atoms with van der Waals surface area (Å²) in [6.45, 7) is 2.46. The molecule has 0 N–H and O–H groups in total. The second-order valence-corrected chi connectivity index (χ2v) is 6.41. The third kappa shape index (κ3) is 3.88. The second-order valence-electron chi connectivity index (χ2n) is 6.41. The van der Waals surface area contributed by atoms with Crippen LogP contribution in [0, 0.1) is 6.92 Å². The van der Waals surface area contributed by atoms with Crippen molar-refractivity contribution in [1.82, 2.24) is 5.16 Å². The average Bonchev–Trinajstić information content (AvgIpc) is 3.15. The fraction of sp³-hybridized carbons (Fsp3) is 0.130. The van der Waals surface area contributed by atoms with Gasteiger partial charge in [0.1, 0.15) is 24.5 Å². The van der Waals surface area contributed by atoms with Gasteiger partial charge in [0.2, 0.25) is 0 Å². The smallest absolute Gasteiger partial charge is 0.338 e. The normalized spacial score (nSPS) is 10.8. The number of nitrogens with zero attached hydrogens (tertiary/aromatic N) is 1. The summed E-state index contributed by atoms with van der Waals surface area (Å²) in [6.07, 6.45) is 0. The third-order valence-corrected chi connectivity index (χ3v) is 4.32. The van der Waals surface area contributed by atoms with Crippen LogP contribution in [0.15, 0.2) is 77.3 Å². The minimum Gasteiger partial charge on any atom is -0.490 e. The molecule has 0 fully saturated rings. The Morgan fingerprint density at radius 2 is 1.82 bits per heavy atom. The Kier molecular flexibility index (Phi) is 5.06. The van der Waals surface area contributed by atoms with Crippen LogP contribution in [0.3, 0.4) is 0 Å². The van der Waals surface area contributed by atoms with Gasteiger partial charge in [0.05, 0.1) is 10.9 Å². The molecular weight excluding hydrogens is 354 g/mol. The van der Waals surface area contributed by atoms with Crippen LogP contribution in [0.2, 0.25) is 0 Å². The van der Waals surface area contributed by atoms with Crippen LogP contribution in [-0.4, -0.2) is 24.3 Å². The number of aryl methyl sites for hydroxylation is 1. The van der Waals surface area contributed by atoms with Gasteiger partial charge in [0, 0.05) is 5.56 Å². The summed E-state index contributed by atoms with van der Waals surface area (Å²) in [6, 6.07) is 22.6. The van der Waals surface area contributed by atoms with E-state index in [1.807, 2.05) is 61.5 Å². The summed E-state index contributed by atoms with van der Waals surface area (Å²) >= 11 is 0. The lowest BCUT2D eigenvalue weighted by molar-refractivity contribution is 0.0450. The minimum atomic E-state index is -0.407. The summed E-state index contributed by atoms with van der Waals surface area (Å²) in [5, 5.41) is 4.84. The van der Waals surface area contributed by atoms with Gasteiger partial charge in [-0.2, -0.15) is 0 Å². The van der Waals surface area contributed by atoms with Gasteiger partial charge in [-0.25, -0.2) is 4.79 Å². The predicted octanol–water partition coefficient (Wildman–Crippen LogP) is 5.04. The molecule has 0 aliphatic carbocycles. The van der Waals surface area contributed by atoms with E-state index in [0.717, 1.165) is 22.3 Å². The van der Waals surface area contributed by atoms with Crippen molar-refractivity contribution >= 4 is 16.9 Å². The molecule has 0 amide bonds. The Balaban J connectivity index is 1.43. The Labute approximate surface area is 162 Å². The number of esters is 1. The third-order valence-electron chi connectivity index (χ3n) is 4.32. The Morgan fingerprint density at radius 3 is 2.64 bits per heavy atom. The molecule has 0 spiro atoms. The molecule has 4 aromatic rings. The van der Waals surface area contributed by atoms with Crippen LogP contribution in [0.25, 0.3) is 22.2 Å². The number of aromatic nitrogens is 1. The molecule has 0 aliphatic rings. The standard InChI is InChI=1S/C23H19NO4/c1-16-6-5-9-19(14-16)26-12-13-27-23(25)18-10-11-21-20(15-18)22(28-24-21)17-7-3-2-4-8-17/h2-11,14-15H,12-13H2,1H3. The molecule has 0 aliphatic heterocycles. The van der Waals surface area contributed by atoms with E-state index in [2.05, 4.69) is 5.16 Å². The molecule has 0 unspecified atom stereocenters. The van der Waals surface area contributed by atoms with Crippen molar-refractivity contribution in [3.05, 3.63) is 83.9 Å². The Morgan fingerprint density at radius 1 is 0.964 bits per heavy atom. The van der Waals surface area contributed by atoms with Crippen molar-refractivity contribution in [1.29, 1.82) is 0 Å². The van der Waals surface area contributed by atoms with Crippen LogP contribution in [0.1, 0.15) is 15.9 Å². The topological polar surface area (TPSA) is 61.6 Å². The maximum Gasteiger partial charge on any atom is 0.338 e. The lowest BCUT2D eigenvalue weighted by atomic mass is 10.1. The van der Waals surface area contributed by atoms with Gasteiger partial charge in [0.25, 0.3) is 0 Å². The summed E-state index contributed by atoms with van der Waals surface area (Å²) in [4.78, 5) is 12.4. The van der Waals surface area contributed by atoms with Crippen LogP contribution < -0.4 is 4.74 Å². The zero-order valence-corrected chi connectivity index (χ0v) is 15.4. The van der Waals surface area contributed by atoms with E-state index in [-0.39, 0.29) is 6.61 Å². The minimum absolute atomic E-state index is 0.167. The molecule has 4 rings (SSSR count). The Hall–Kier alpha value is -3.60. The highest BCUT2D eigenvalue weighted by atomic mass is 16.6. The SMILES string of the molecule is Cc1cccc(OCCOC(=O)c2ccc3noc(-c4ccccc4)c3c2)c1. The van der Waals surface area contributed by atoms with Crippen LogP contribution in [0.4, 0.5) is 0 Å². The van der Waals surface area contributed by atoms with Crippen molar-refractivity contribution in [2.75, 3.05) is 13.2 Å². The summed E-state index contributed by atoms with van der Waals surface area (Å²) in [5.41, 5.74) is 3.16. The molecule has 0 radical (unpaired) electrons. The zero-order chi connectivity index (χ0) is 19.3. The molecule has 0 bridgehead atoms. The number of ether oxygens (including phenoxy) is 2. The number of hydrogen-bond acceptors (Lipinski definition) is 5. The fourth-order valence-corrected chi connectivity index (χ4v) is 2.95. The van der Waals surface area contributed by atoms with Gasteiger partial charge in [-0.3, -0.25) is 0 Å². The molecule has 0 atom stereocenters. The molecule has 28 heavy (non-hydrogen) atoms. The molecule has 0 saturated heterocycles. The van der Waals surface area contributed by atoms with Crippen molar-refractivity contribution in [2.45, 2.75) is 6.92 Å². The monoisotopic (exact) mass is 373 g/mol.